The van der Waals surface area contributed by atoms with Crippen LogP contribution >= 0.6 is 11.6 Å². The van der Waals surface area contributed by atoms with E-state index in [0.29, 0.717) is 5.69 Å². The smallest absolute Gasteiger partial charge is 0.273 e. The molecule has 2 aliphatic heterocycles. The van der Waals surface area contributed by atoms with Gasteiger partial charge in [-0.3, -0.25) is 24.5 Å². The van der Waals surface area contributed by atoms with E-state index in [0.717, 1.165) is 27.3 Å². The van der Waals surface area contributed by atoms with Crippen molar-refractivity contribution in [2.24, 2.45) is 5.92 Å². The van der Waals surface area contributed by atoms with Crippen LogP contribution in [0.15, 0.2) is 91.0 Å². The molecule has 2 aliphatic rings. The third kappa shape index (κ3) is 3.34. The lowest BCUT2D eigenvalue weighted by Gasteiger charge is -2.29. The Labute approximate surface area is 210 Å². The maximum absolute atomic E-state index is 13.9. The minimum Gasteiger partial charge on any atom is -0.273 e. The number of carbonyl (C=O) groups is 2. The highest BCUT2D eigenvalue weighted by Crippen LogP contribution is 2.49. The summed E-state index contributed by atoms with van der Waals surface area (Å²) in [6.45, 7) is 0. The van der Waals surface area contributed by atoms with E-state index in [2.05, 4.69) is 0 Å². The lowest BCUT2D eigenvalue weighted by atomic mass is 9.87. The molecule has 36 heavy (non-hydrogen) atoms. The predicted molar refractivity (Wildman–Crippen MR) is 135 cm³/mol. The fourth-order valence-corrected chi connectivity index (χ4v) is 5.26. The lowest BCUT2D eigenvalue weighted by molar-refractivity contribution is -0.384. The standard InChI is InChI=1S/C27H18ClN3O5/c28-21-14-13-18(15-22(21)31(34)35)29-26(32)23-24(20-12-6-8-16-7-4-5-11-19(16)20)30(36-25(23)27(29)33)17-9-2-1-3-10-17/h1-15,23-25H/t23-,24-,25-/m0/s1. The molecule has 2 saturated heterocycles. The first-order valence-electron chi connectivity index (χ1n) is 11.3. The van der Waals surface area contributed by atoms with Gasteiger partial charge in [-0.15, -0.1) is 0 Å². The second-order valence-electron chi connectivity index (χ2n) is 8.63. The molecule has 0 unspecified atom stereocenters. The third-order valence-corrected chi connectivity index (χ3v) is 6.97. The molecule has 2 amide bonds. The van der Waals surface area contributed by atoms with Gasteiger partial charge in [-0.25, -0.2) is 9.96 Å². The summed E-state index contributed by atoms with van der Waals surface area (Å²) in [4.78, 5) is 45.3. The van der Waals surface area contributed by atoms with E-state index < -0.39 is 34.8 Å². The number of hydroxylamine groups is 1. The van der Waals surface area contributed by atoms with Crippen LogP contribution in [0.25, 0.3) is 10.8 Å². The van der Waals surface area contributed by atoms with Gasteiger partial charge in [0.15, 0.2) is 6.10 Å². The van der Waals surface area contributed by atoms with Gasteiger partial charge in [0, 0.05) is 6.07 Å². The summed E-state index contributed by atoms with van der Waals surface area (Å²) in [5.74, 6) is -1.93. The molecule has 3 atom stereocenters. The van der Waals surface area contributed by atoms with Crippen molar-refractivity contribution in [2.75, 3.05) is 9.96 Å². The Hall–Kier alpha value is -4.27. The molecule has 0 N–H and O–H groups in total. The van der Waals surface area contributed by atoms with E-state index in [-0.39, 0.29) is 16.4 Å². The third-order valence-electron chi connectivity index (χ3n) is 6.65. The zero-order chi connectivity index (χ0) is 25.0. The molecule has 0 aromatic heterocycles. The number of imide groups is 1. The van der Waals surface area contributed by atoms with Gasteiger partial charge in [0.05, 0.1) is 22.3 Å². The summed E-state index contributed by atoms with van der Waals surface area (Å²) in [7, 11) is 0. The number of nitrogens with zero attached hydrogens (tertiary/aromatic N) is 3. The van der Waals surface area contributed by atoms with E-state index >= 15 is 0 Å². The van der Waals surface area contributed by atoms with E-state index in [1.165, 1.54) is 12.1 Å². The molecule has 0 spiro atoms. The van der Waals surface area contributed by atoms with Crippen LogP contribution in [-0.4, -0.2) is 22.8 Å². The van der Waals surface area contributed by atoms with Crippen molar-refractivity contribution in [1.29, 1.82) is 0 Å². The van der Waals surface area contributed by atoms with Gasteiger partial charge in [-0.2, -0.15) is 0 Å². The summed E-state index contributed by atoms with van der Waals surface area (Å²) in [6, 6.07) is 26.2. The Bertz CT molecular complexity index is 1540. The van der Waals surface area contributed by atoms with Crippen LogP contribution in [0.2, 0.25) is 5.02 Å². The average Bonchev–Trinajstić information content (AvgIpc) is 3.40. The maximum atomic E-state index is 13.9. The highest BCUT2D eigenvalue weighted by molar-refractivity contribution is 6.33. The number of hydrogen-bond acceptors (Lipinski definition) is 6. The molecular formula is C27H18ClN3O5. The van der Waals surface area contributed by atoms with Crippen LogP contribution in [0, 0.1) is 16.0 Å². The molecule has 178 valence electrons. The summed E-state index contributed by atoms with van der Waals surface area (Å²) < 4.78 is 0. The van der Waals surface area contributed by atoms with Crippen LogP contribution < -0.4 is 9.96 Å². The number of carbonyl (C=O) groups excluding carboxylic acids is 2. The normalized spacial score (nSPS) is 21.3. The van der Waals surface area contributed by atoms with Crippen LogP contribution in [-0.2, 0) is 14.4 Å². The summed E-state index contributed by atoms with van der Waals surface area (Å²) in [5.41, 5.74) is 1.25. The zero-order valence-electron chi connectivity index (χ0n) is 18.7. The van der Waals surface area contributed by atoms with E-state index in [4.69, 9.17) is 16.4 Å². The molecule has 4 aromatic carbocycles. The first kappa shape index (κ1) is 22.2. The number of anilines is 2. The highest BCUT2D eigenvalue weighted by atomic mass is 35.5. The predicted octanol–water partition coefficient (Wildman–Crippen LogP) is 5.45. The number of amides is 2. The maximum Gasteiger partial charge on any atom is 0.289 e. The molecule has 9 heteroatoms. The number of fused-ring (bicyclic) bond motifs is 2. The van der Waals surface area contributed by atoms with Gasteiger partial charge >= 0.3 is 0 Å². The van der Waals surface area contributed by atoms with Crippen molar-refractivity contribution in [2.45, 2.75) is 12.1 Å². The van der Waals surface area contributed by atoms with E-state index in [9.17, 15) is 19.7 Å². The molecular weight excluding hydrogens is 482 g/mol. The van der Waals surface area contributed by atoms with Crippen molar-refractivity contribution in [3.8, 4) is 0 Å². The van der Waals surface area contributed by atoms with Crippen LogP contribution in [0.5, 0.6) is 0 Å². The van der Waals surface area contributed by atoms with Crippen LogP contribution in [0.4, 0.5) is 17.1 Å². The first-order valence-corrected chi connectivity index (χ1v) is 11.6. The Morgan fingerprint density at radius 2 is 1.56 bits per heavy atom. The molecule has 0 bridgehead atoms. The molecule has 0 saturated carbocycles. The molecule has 2 heterocycles. The molecule has 0 aliphatic carbocycles. The van der Waals surface area contributed by atoms with Crippen molar-refractivity contribution in [1.82, 2.24) is 0 Å². The quantitative estimate of drug-likeness (QED) is 0.210. The number of rotatable bonds is 4. The second kappa shape index (κ2) is 8.44. The first-order chi connectivity index (χ1) is 17.5. The highest BCUT2D eigenvalue weighted by Gasteiger charge is 2.60. The zero-order valence-corrected chi connectivity index (χ0v) is 19.4. The Balaban J connectivity index is 1.49. The van der Waals surface area contributed by atoms with Gasteiger partial charge in [0.2, 0.25) is 5.91 Å². The van der Waals surface area contributed by atoms with Crippen molar-refractivity contribution in [3.63, 3.8) is 0 Å². The minimum atomic E-state index is -1.09. The van der Waals surface area contributed by atoms with Gasteiger partial charge in [-0.05, 0) is 40.6 Å². The SMILES string of the molecule is O=C1[C@@H]2[C@H](ON(c3ccccc3)[C@H]2c2cccc3ccccc23)C(=O)N1c1ccc(Cl)c([N+](=O)[O-])c1. The van der Waals surface area contributed by atoms with Crippen LogP contribution in [0.3, 0.4) is 0 Å². The van der Waals surface area contributed by atoms with E-state index in [1.54, 1.807) is 5.06 Å². The fraction of sp³-hybridized carbons (Fsp3) is 0.111. The van der Waals surface area contributed by atoms with Crippen molar-refractivity contribution < 1.29 is 19.3 Å². The van der Waals surface area contributed by atoms with Gasteiger partial charge in [0.1, 0.15) is 10.9 Å². The van der Waals surface area contributed by atoms with Gasteiger partial charge in [-0.1, -0.05) is 72.3 Å². The Morgan fingerprint density at radius 3 is 2.33 bits per heavy atom. The number of nitro benzene ring substituents is 1. The van der Waals surface area contributed by atoms with Gasteiger partial charge in [0.25, 0.3) is 11.6 Å². The molecule has 0 radical (unpaired) electrons. The van der Waals surface area contributed by atoms with Crippen LogP contribution in [0.1, 0.15) is 11.6 Å². The number of halogens is 1. The monoisotopic (exact) mass is 499 g/mol. The number of benzene rings is 4. The molecule has 8 nitrogen and oxygen atoms in total. The average molecular weight is 500 g/mol. The molecule has 6 rings (SSSR count). The fourth-order valence-electron chi connectivity index (χ4n) is 5.07. The van der Waals surface area contributed by atoms with Crippen molar-refractivity contribution in [3.05, 3.63) is 112 Å². The summed E-state index contributed by atoms with van der Waals surface area (Å²) >= 11 is 5.95. The Morgan fingerprint density at radius 1 is 0.833 bits per heavy atom. The van der Waals surface area contributed by atoms with E-state index in [1.807, 2.05) is 72.8 Å². The number of para-hydroxylation sites is 1. The second-order valence-corrected chi connectivity index (χ2v) is 9.04. The number of hydrogen-bond donors (Lipinski definition) is 0. The molecule has 2 fully saturated rings. The van der Waals surface area contributed by atoms with Crippen molar-refractivity contribution >= 4 is 51.2 Å². The topological polar surface area (TPSA) is 93.0 Å². The summed E-state index contributed by atoms with van der Waals surface area (Å²) in [6.07, 6.45) is -1.09. The number of nitro groups is 1. The largest absolute Gasteiger partial charge is 0.289 e. The minimum absolute atomic E-state index is 0.0804. The van der Waals surface area contributed by atoms with Gasteiger partial charge < -0.3 is 0 Å². The lowest BCUT2D eigenvalue weighted by Crippen LogP contribution is -2.37. The Kier molecular flexibility index (Phi) is 5.21. The summed E-state index contributed by atoms with van der Waals surface area (Å²) in [5, 5.41) is 14.9. The molecule has 4 aromatic rings.